The molecule has 9 heteroatoms. The third kappa shape index (κ3) is 3.29. The van der Waals surface area contributed by atoms with Crippen LogP contribution in [-0.4, -0.2) is 42.0 Å². The van der Waals surface area contributed by atoms with Gasteiger partial charge in [-0.2, -0.15) is 5.10 Å². The second kappa shape index (κ2) is 7.59. The molecule has 5 heterocycles. The van der Waals surface area contributed by atoms with E-state index in [-0.39, 0.29) is 11.9 Å². The summed E-state index contributed by atoms with van der Waals surface area (Å²) in [5, 5.41) is 5.22. The van der Waals surface area contributed by atoms with E-state index in [0.29, 0.717) is 29.2 Å². The molecular formula is C23H24N6O2S. The van der Waals surface area contributed by atoms with Gasteiger partial charge in [-0.05, 0) is 45.9 Å². The van der Waals surface area contributed by atoms with Gasteiger partial charge in [-0.25, -0.2) is 14.6 Å². The lowest BCUT2D eigenvalue weighted by atomic mass is 10.1. The molecule has 164 valence electrons. The van der Waals surface area contributed by atoms with Crippen molar-refractivity contribution in [2.75, 3.05) is 7.05 Å². The van der Waals surface area contributed by atoms with Crippen molar-refractivity contribution in [2.24, 2.45) is 0 Å². The van der Waals surface area contributed by atoms with E-state index in [1.54, 1.807) is 34.8 Å². The molecule has 0 unspecified atom stereocenters. The van der Waals surface area contributed by atoms with Crippen molar-refractivity contribution in [3.05, 3.63) is 58.7 Å². The Hall–Kier alpha value is -3.46. The lowest BCUT2D eigenvalue weighted by Gasteiger charge is -2.18. The standard InChI is InChI=1S/C23H24N6O2S/c1-13(2)29-21-17(10-24-29)16(9-18(26-21)20-7-6-8-31-20)22(30)27(5)12-19-15(4)25-23-28(19)11-14(3)32-23/h6-11,13H,12H2,1-5H3. The smallest absolute Gasteiger partial charge is 0.254 e. The van der Waals surface area contributed by atoms with Crippen molar-refractivity contribution in [1.29, 1.82) is 0 Å². The van der Waals surface area contributed by atoms with E-state index in [2.05, 4.69) is 27.6 Å². The zero-order valence-electron chi connectivity index (χ0n) is 18.7. The highest BCUT2D eigenvalue weighted by Crippen LogP contribution is 2.28. The molecular weight excluding hydrogens is 424 g/mol. The van der Waals surface area contributed by atoms with Crippen molar-refractivity contribution in [3.8, 4) is 11.5 Å². The van der Waals surface area contributed by atoms with Crippen LogP contribution in [0.3, 0.4) is 0 Å². The molecule has 0 N–H and O–H groups in total. The minimum absolute atomic E-state index is 0.102. The minimum atomic E-state index is -0.102. The Morgan fingerprint density at radius 2 is 2.09 bits per heavy atom. The highest BCUT2D eigenvalue weighted by atomic mass is 32.1. The average Bonchev–Trinajstić information content (AvgIpc) is 3.52. The predicted molar refractivity (Wildman–Crippen MR) is 124 cm³/mol. The van der Waals surface area contributed by atoms with Crippen LogP contribution in [0.4, 0.5) is 0 Å². The summed E-state index contributed by atoms with van der Waals surface area (Å²) in [5.74, 6) is 0.511. The number of nitrogens with zero attached hydrogens (tertiary/aromatic N) is 6. The fraction of sp³-hybridized carbons (Fsp3) is 0.304. The number of fused-ring (bicyclic) bond motifs is 2. The van der Waals surface area contributed by atoms with Crippen LogP contribution in [0, 0.1) is 13.8 Å². The Labute approximate surface area is 189 Å². The molecule has 32 heavy (non-hydrogen) atoms. The summed E-state index contributed by atoms with van der Waals surface area (Å²) >= 11 is 1.65. The predicted octanol–water partition coefficient (Wildman–Crippen LogP) is 4.87. The maximum atomic E-state index is 13.6. The Morgan fingerprint density at radius 1 is 1.28 bits per heavy atom. The Balaban J connectivity index is 1.58. The number of furan rings is 1. The molecule has 0 aliphatic heterocycles. The topological polar surface area (TPSA) is 81.5 Å². The van der Waals surface area contributed by atoms with Gasteiger partial charge in [-0.1, -0.05) is 0 Å². The molecule has 5 aromatic rings. The highest BCUT2D eigenvalue weighted by molar-refractivity contribution is 7.17. The molecule has 0 aliphatic carbocycles. The third-order valence-corrected chi connectivity index (χ3v) is 6.43. The number of hydrogen-bond donors (Lipinski definition) is 0. The highest BCUT2D eigenvalue weighted by Gasteiger charge is 2.23. The molecule has 8 nitrogen and oxygen atoms in total. The molecule has 0 fully saturated rings. The maximum Gasteiger partial charge on any atom is 0.254 e. The van der Waals surface area contributed by atoms with E-state index >= 15 is 0 Å². The number of rotatable bonds is 5. The second-order valence-electron chi connectivity index (χ2n) is 8.25. The Kier molecular flexibility index (Phi) is 4.85. The zero-order chi connectivity index (χ0) is 22.6. The van der Waals surface area contributed by atoms with Crippen molar-refractivity contribution in [1.82, 2.24) is 29.0 Å². The van der Waals surface area contributed by atoms with E-state index in [9.17, 15) is 4.79 Å². The van der Waals surface area contributed by atoms with Crippen molar-refractivity contribution in [2.45, 2.75) is 40.3 Å². The van der Waals surface area contributed by atoms with Crippen LogP contribution in [0.25, 0.3) is 27.4 Å². The zero-order valence-corrected chi connectivity index (χ0v) is 19.5. The lowest BCUT2D eigenvalue weighted by molar-refractivity contribution is 0.0785. The summed E-state index contributed by atoms with van der Waals surface area (Å²) in [6.07, 6.45) is 5.39. The number of thiazole rings is 1. The molecule has 5 rings (SSSR count). The first-order valence-electron chi connectivity index (χ1n) is 10.4. The second-order valence-corrected chi connectivity index (χ2v) is 9.47. The van der Waals surface area contributed by atoms with Gasteiger partial charge in [0.15, 0.2) is 16.4 Å². The first-order valence-corrected chi connectivity index (χ1v) is 11.3. The van der Waals surface area contributed by atoms with Gasteiger partial charge in [0.25, 0.3) is 5.91 Å². The quantitative estimate of drug-likeness (QED) is 0.383. The maximum absolute atomic E-state index is 13.6. The van der Waals surface area contributed by atoms with Crippen LogP contribution in [0.1, 0.15) is 46.5 Å². The van der Waals surface area contributed by atoms with E-state index < -0.39 is 0 Å². The normalized spacial score (nSPS) is 11.8. The van der Waals surface area contributed by atoms with Gasteiger partial charge in [-0.3, -0.25) is 9.20 Å². The molecule has 0 aliphatic rings. The first-order chi connectivity index (χ1) is 15.3. The van der Waals surface area contributed by atoms with Gasteiger partial charge in [0.2, 0.25) is 0 Å². The van der Waals surface area contributed by atoms with Crippen LogP contribution in [0.15, 0.2) is 41.3 Å². The summed E-state index contributed by atoms with van der Waals surface area (Å²) in [5.41, 5.74) is 3.77. The third-order valence-electron chi connectivity index (χ3n) is 5.53. The largest absolute Gasteiger partial charge is 0.463 e. The number of aromatic nitrogens is 5. The van der Waals surface area contributed by atoms with Crippen LogP contribution >= 0.6 is 11.3 Å². The van der Waals surface area contributed by atoms with E-state index in [1.807, 2.05) is 44.6 Å². The van der Waals surface area contributed by atoms with Crippen molar-refractivity contribution >= 4 is 33.2 Å². The monoisotopic (exact) mass is 448 g/mol. The molecule has 0 atom stereocenters. The van der Waals surface area contributed by atoms with E-state index in [0.717, 1.165) is 21.7 Å². The molecule has 0 bridgehead atoms. The Morgan fingerprint density at radius 3 is 2.81 bits per heavy atom. The molecule has 0 spiro atoms. The average molecular weight is 449 g/mol. The van der Waals surface area contributed by atoms with Crippen LogP contribution < -0.4 is 0 Å². The van der Waals surface area contributed by atoms with Gasteiger partial charge in [-0.15, -0.1) is 11.3 Å². The molecule has 1 amide bonds. The minimum Gasteiger partial charge on any atom is -0.463 e. The SMILES string of the molecule is Cc1cn2c(CN(C)C(=O)c3cc(-c4ccco4)nc4c3cnn4C(C)C)c(C)nc2s1. The van der Waals surface area contributed by atoms with E-state index in [4.69, 9.17) is 9.40 Å². The van der Waals surface area contributed by atoms with E-state index in [1.165, 1.54) is 4.88 Å². The van der Waals surface area contributed by atoms with Gasteiger partial charge < -0.3 is 9.32 Å². The summed E-state index contributed by atoms with van der Waals surface area (Å²) in [6, 6.07) is 5.55. The number of amides is 1. The molecule has 5 aromatic heterocycles. The number of aryl methyl sites for hydroxylation is 2. The summed E-state index contributed by atoms with van der Waals surface area (Å²) < 4.78 is 9.47. The van der Waals surface area contributed by atoms with Crippen LogP contribution in [-0.2, 0) is 6.54 Å². The van der Waals surface area contributed by atoms with Crippen molar-refractivity contribution < 1.29 is 9.21 Å². The lowest BCUT2D eigenvalue weighted by Crippen LogP contribution is -2.27. The van der Waals surface area contributed by atoms with Gasteiger partial charge in [0.05, 0.1) is 41.3 Å². The summed E-state index contributed by atoms with van der Waals surface area (Å²) in [7, 11) is 1.81. The number of hydrogen-bond acceptors (Lipinski definition) is 6. The molecule has 0 radical (unpaired) electrons. The first kappa shape index (κ1) is 20.4. The van der Waals surface area contributed by atoms with Gasteiger partial charge >= 0.3 is 0 Å². The molecule has 0 aromatic carbocycles. The van der Waals surface area contributed by atoms with Crippen LogP contribution in [0.5, 0.6) is 0 Å². The van der Waals surface area contributed by atoms with Gasteiger partial charge in [0.1, 0.15) is 5.69 Å². The number of carbonyl (C=O) groups excluding carboxylic acids is 1. The summed E-state index contributed by atoms with van der Waals surface area (Å²) in [4.78, 5) is 26.9. The number of pyridine rings is 1. The van der Waals surface area contributed by atoms with Crippen molar-refractivity contribution in [3.63, 3.8) is 0 Å². The molecule has 0 saturated carbocycles. The Bertz CT molecular complexity index is 1440. The fourth-order valence-corrected chi connectivity index (χ4v) is 4.81. The summed E-state index contributed by atoms with van der Waals surface area (Å²) in [6.45, 7) is 8.56. The fourth-order valence-electron chi connectivity index (χ4n) is 3.93. The molecule has 0 saturated heterocycles. The number of imidazole rings is 1. The van der Waals surface area contributed by atoms with Gasteiger partial charge in [0, 0.05) is 24.2 Å². The van der Waals surface area contributed by atoms with Crippen LogP contribution in [0.2, 0.25) is 0 Å². The number of carbonyl (C=O) groups is 1.